The number of aliphatic carboxylic acids is 1. The Kier molecular flexibility index (Phi) is 1.62. The van der Waals surface area contributed by atoms with Crippen molar-refractivity contribution in [1.82, 2.24) is 0 Å². The second-order valence-electron chi connectivity index (χ2n) is 2.48. The number of hydrogen-bond donors (Lipinski definition) is 2. The molecule has 1 fully saturated rings. The molecule has 1 atom stereocenters. The van der Waals surface area contributed by atoms with E-state index in [2.05, 4.69) is 0 Å². The lowest BCUT2D eigenvalue weighted by Gasteiger charge is -2.05. The molecule has 0 saturated heterocycles. The maximum absolute atomic E-state index is 10.1. The van der Waals surface area contributed by atoms with Crippen LogP contribution in [0.4, 0.5) is 0 Å². The minimum absolute atomic E-state index is 0.134. The van der Waals surface area contributed by atoms with Crippen molar-refractivity contribution in [3.05, 3.63) is 0 Å². The topological polar surface area (TPSA) is 57.5 Å². The number of rotatable bonds is 2. The first-order valence-corrected chi connectivity index (χ1v) is 3.45. The van der Waals surface area contributed by atoms with E-state index in [4.69, 9.17) is 28.3 Å². The third-order valence-corrected chi connectivity index (χ3v) is 2.48. The summed E-state index contributed by atoms with van der Waals surface area (Å²) in [7, 11) is 0. The highest BCUT2D eigenvalue weighted by Gasteiger charge is 2.66. The molecule has 0 bridgehead atoms. The van der Waals surface area contributed by atoms with Crippen LogP contribution in [0, 0.1) is 0 Å². The van der Waals surface area contributed by atoms with Gasteiger partial charge in [0, 0.05) is 6.42 Å². The number of carbonyl (C=O) groups is 1. The Labute approximate surface area is 67.5 Å². The summed E-state index contributed by atoms with van der Waals surface area (Å²) in [5.41, 5.74) is -1.40. The Morgan fingerprint density at radius 3 is 2.10 bits per heavy atom. The molecule has 0 amide bonds. The highest BCUT2D eigenvalue weighted by molar-refractivity contribution is 6.52. The summed E-state index contributed by atoms with van der Waals surface area (Å²) in [5, 5.41) is 17.4. The van der Waals surface area contributed by atoms with Gasteiger partial charge >= 0.3 is 5.97 Å². The third-order valence-electron chi connectivity index (χ3n) is 1.51. The van der Waals surface area contributed by atoms with Gasteiger partial charge in [0.2, 0.25) is 0 Å². The van der Waals surface area contributed by atoms with E-state index in [0.29, 0.717) is 0 Å². The van der Waals surface area contributed by atoms with Crippen molar-refractivity contribution in [3.8, 4) is 0 Å². The van der Waals surface area contributed by atoms with Crippen LogP contribution in [0.5, 0.6) is 0 Å². The zero-order valence-corrected chi connectivity index (χ0v) is 6.48. The Morgan fingerprint density at radius 2 is 2.00 bits per heavy atom. The van der Waals surface area contributed by atoms with Crippen LogP contribution in [0.1, 0.15) is 12.8 Å². The predicted octanol–water partition coefficient (Wildman–Crippen LogP) is 0.770. The standard InChI is InChI=1S/C5H6Cl2O3/c6-5(7)2-4(5,10)1-3(8)9/h10H,1-2H2,(H,8,9). The SMILES string of the molecule is O=C(O)CC1(O)CC1(Cl)Cl. The summed E-state index contributed by atoms with van der Waals surface area (Å²) in [5.74, 6) is -1.09. The Hall–Kier alpha value is 0.01000. The summed E-state index contributed by atoms with van der Waals surface area (Å²) in [6.07, 6.45) is -0.255. The van der Waals surface area contributed by atoms with Crippen molar-refractivity contribution in [1.29, 1.82) is 0 Å². The molecule has 0 heterocycles. The number of halogens is 2. The van der Waals surface area contributed by atoms with Crippen LogP contribution >= 0.6 is 23.2 Å². The highest BCUT2D eigenvalue weighted by atomic mass is 35.5. The van der Waals surface area contributed by atoms with Crippen molar-refractivity contribution < 1.29 is 15.0 Å². The first-order chi connectivity index (χ1) is 4.37. The molecule has 0 aromatic heterocycles. The van der Waals surface area contributed by atoms with Crippen LogP contribution in [-0.4, -0.2) is 26.1 Å². The van der Waals surface area contributed by atoms with Crippen LogP contribution in [-0.2, 0) is 4.79 Å². The van der Waals surface area contributed by atoms with Crippen LogP contribution in [0.25, 0.3) is 0 Å². The van der Waals surface area contributed by atoms with Gasteiger partial charge in [-0.05, 0) is 0 Å². The quantitative estimate of drug-likeness (QED) is 0.624. The number of carboxylic acids is 1. The number of alkyl halides is 2. The lowest BCUT2D eigenvalue weighted by Crippen LogP contribution is -2.20. The number of aliphatic hydroxyl groups is 1. The average molecular weight is 185 g/mol. The molecule has 1 unspecified atom stereocenters. The van der Waals surface area contributed by atoms with Gasteiger partial charge in [-0.25, -0.2) is 0 Å². The molecule has 1 rings (SSSR count). The Bertz CT molecular complexity index is 180. The van der Waals surface area contributed by atoms with Gasteiger partial charge in [0.25, 0.3) is 0 Å². The first kappa shape index (κ1) is 8.11. The maximum Gasteiger partial charge on any atom is 0.306 e. The van der Waals surface area contributed by atoms with Gasteiger partial charge in [-0.1, -0.05) is 23.2 Å². The molecule has 0 radical (unpaired) electrons. The number of hydrogen-bond acceptors (Lipinski definition) is 2. The lowest BCUT2D eigenvalue weighted by molar-refractivity contribution is -0.139. The molecule has 0 aromatic carbocycles. The smallest absolute Gasteiger partial charge is 0.306 e. The van der Waals surface area contributed by atoms with Gasteiger partial charge in [-0.15, -0.1) is 0 Å². The summed E-state index contributed by atoms with van der Waals surface area (Å²) in [4.78, 5) is 10.1. The predicted molar refractivity (Wildman–Crippen MR) is 36.3 cm³/mol. The fourth-order valence-electron chi connectivity index (χ4n) is 0.765. The molecule has 5 heteroatoms. The Balaban J connectivity index is 2.52. The highest BCUT2D eigenvalue weighted by Crippen LogP contribution is 2.58. The maximum atomic E-state index is 10.1. The van der Waals surface area contributed by atoms with Crippen LogP contribution in [0.2, 0.25) is 0 Å². The molecule has 58 valence electrons. The zero-order chi connectivity index (χ0) is 7.99. The second kappa shape index (κ2) is 2.00. The minimum atomic E-state index is -1.40. The molecule has 0 aromatic rings. The van der Waals surface area contributed by atoms with E-state index in [1.807, 2.05) is 0 Å². The van der Waals surface area contributed by atoms with E-state index < -0.39 is 15.9 Å². The molecule has 1 aliphatic rings. The van der Waals surface area contributed by atoms with Crippen molar-refractivity contribution in [2.45, 2.75) is 22.8 Å². The summed E-state index contributed by atoms with van der Waals surface area (Å²) in [6, 6.07) is 0. The summed E-state index contributed by atoms with van der Waals surface area (Å²) < 4.78 is -1.24. The largest absolute Gasteiger partial charge is 0.481 e. The van der Waals surface area contributed by atoms with Gasteiger partial charge in [-0.2, -0.15) is 0 Å². The van der Waals surface area contributed by atoms with Crippen molar-refractivity contribution >= 4 is 29.2 Å². The summed E-state index contributed by atoms with van der Waals surface area (Å²) >= 11 is 10.9. The first-order valence-electron chi connectivity index (χ1n) is 2.69. The molecule has 2 N–H and O–H groups in total. The van der Waals surface area contributed by atoms with Gasteiger partial charge in [0.15, 0.2) is 0 Å². The van der Waals surface area contributed by atoms with Crippen molar-refractivity contribution in [2.75, 3.05) is 0 Å². The van der Waals surface area contributed by atoms with E-state index in [9.17, 15) is 9.90 Å². The number of carboxylic acid groups (broad SMARTS) is 1. The van der Waals surface area contributed by atoms with E-state index >= 15 is 0 Å². The molecular weight excluding hydrogens is 179 g/mol. The minimum Gasteiger partial charge on any atom is -0.481 e. The molecule has 0 spiro atoms. The van der Waals surface area contributed by atoms with Crippen LogP contribution < -0.4 is 0 Å². The normalized spacial score (nSPS) is 35.5. The zero-order valence-electron chi connectivity index (χ0n) is 4.97. The van der Waals surface area contributed by atoms with Gasteiger partial charge in [0.05, 0.1) is 6.42 Å². The molecule has 3 nitrogen and oxygen atoms in total. The lowest BCUT2D eigenvalue weighted by atomic mass is 10.2. The van der Waals surface area contributed by atoms with Crippen LogP contribution in [0.15, 0.2) is 0 Å². The van der Waals surface area contributed by atoms with Gasteiger partial charge in [-0.3, -0.25) is 4.79 Å². The van der Waals surface area contributed by atoms with E-state index in [0.717, 1.165) is 0 Å². The van der Waals surface area contributed by atoms with E-state index in [1.165, 1.54) is 0 Å². The van der Waals surface area contributed by atoms with Crippen molar-refractivity contribution in [3.63, 3.8) is 0 Å². The Morgan fingerprint density at radius 1 is 1.60 bits per heavy atom. The molecule has 10 heavy (non-hydrogen) atoms. The van der Waals surface area contributed by atoms with Gasteiger partial charge in [0.1, 0.15) is 9.93 Å². The van der Waals surface area contributed by atoms with Gasteiger partial charge < -0.3 is 10.2 Å². The molecule has 1 saturated carbocycles. The third kappa shape index (κ3) is 1.21. The molecular formula is C5H6Cl2O3. The fourth-order valence-corrected chi connectivity index (χ4v) is 1.34. The second-order valence-corrected chi connectivity index (χ2v) is 3.97. The fraction of sp³-hybridized carbons (Fsp3) is 0.800. The summed E-state index contributed by atoms with van der Waals surface area (Å²) in [6.45, 7) is 0. The van der Waals surface area contributed by atoms with Crippen molar-refractivity contribution in [2.24, 2.45) is 0 Å². The molecule has 1 aliphatic carbocycles. The van der Waals surface area contributed by atoms with E-state index in [1.54, 1.807) is 0 Å². The van der Waals surface area contributed by atoms with E-state index in [-0.39, 0.29) is 12.8 Å². The monoisotopic (exact) mass is 184 g/mol. The van der Waals surface area contributed by atoms with Crippen LogP contribution in [0.3, 0.4) is 0 Å². The molecule has 0 aliphatic heterocycles. The average Bonchev–Trinajstić information content (AvgIpc) is 2.01.